The number of aliphatic hydroxyl groups is 1. The summed E-state index contributed by atoms with van der Waals surface area (Å²) in [6.45, 7) is 4.31. The highest BCUT2D eigenvalue weighted by Crippen LogP contribution is 2.42. The van der Waals surface area contributed by atoms with Crippen LogP contribution in [0.25, 0.3) is 0 Å². The van der Waals surface area contributed by atoms with Crippen molar-refractivity contribution in [2.24, 2.45) is 11.3 Å². The molecule has 3 rings (SSSR count). The number of anilines is 1. The van der Waals surface area contributed by atoms with Crippen molar-refractivity contribution < 1.29 is 19.7 Å². The van der Waals surface area contributed by atoms with Crippen molar-refractivity contribution in [1.29, 1.82) is 0 Å². The number of carbonyl (C=O) groups is 1. The topological polar surface area (TPSA) is 82.9 Å². The summed E-state index contributed by atoms with van der Waals surface area (Å²) in [6, 6.07) is 3.30. The lowest BCUT2D eigenvalue weighted by atomic mass is 9.82. The molecule has 0 aliphatic carbocycles. The summed E-state index contributed by atoms with van der Waals surface area (Å²) in [5, 5.41) is 19.0. The largest absolute Gasteiger partial charge is 0.478 e. The highest BCUT2D eigenvalue weighted by atomic mass is 16.5. The average Bonchev–Trinajstić information content (AvgIpc) is 2.94. The molecule has 2 saturated heterocycles. The highest BCUT2D eigenvalue weighted by Gasteiger charge is 2.51. The molecular formula is C14H18N2O4. The minimum absolute atomic E-state index is 0.0579. The Kier molecular flexibility index (Phi) is 3.14. The maximum atomic E-state index is 11.3. The van der Waals surface area contributed by atoms with Gasteiger partial charge in [0.2, 0.25) is 0 Å². The number of carboxylic acids is 1. The van der Waals surface area contributed by atoms with Crippen molar-refractivity contribution in [2.45, 2.75) is 6.92 Å². The Morgan fingerprint density at radius 2 is 2.40 bits per heavy atom. The Labute approximate surface area is 117 Å². The zero-order valence-corrected chi connectivity index (χ0v) is 11.4. The molecule has 1 aromatic rings. The van der Waals surface area contributed by atoms with Gasteiger partial charge in [0.15, 0.2) is 0 Å². The van der Waals surface area contributed by atoms with Crippen molar-refractivity contribution in [1.82, 2.24) is 4.98 Å². The van der Waals surface area contributed by atoms with E-state index in [9.17, 15) is 15.0 Å². The van der Waals surface area contributed by atoms with Crippen LogP contribution in [-0.4, -0.2) is 54.1 Å². The molecule has 0 radical (unpaired) electrons. The first-order valence-corrected chi connectivity index (χ1v) is 6.70. The Balaban J connectivity index is 1.95. The Bertz CT molecular complexity index is 548. The summed E-state index contributed by atoms with van der Waals surface area (Å²) >= 11 is 0. The number of aryl methyl sites for hydroxylation is 1. The number of aromatic nitrogens is 1. The molecule has 3 heterocycles. The molecule has 0 aromatic carbocycles. The zero-order chi connectivity index (χ0) is 14.3. The molecule has 2 fully saturated rings. The minimum Gasteiger partial charge on any atom is -0.478 e. The van der Waals surface area contributed by atoms with E-state index < -0.39 is 5.97 Å². The van der Waals surface area contributed by atoms with Gasteiger partial charge < -0.3 is 19.8 Å². The maximum absolute atomic E-state index is 11.3. The van der Waals surface area contributed by atoms with E-state index in [1.807, 2.05) is 11.8 Å². The van der Waals surface area contributed by atoms with E-state index in [1.54, 1.807) is 12.1 Å². The fraction of sp³-hybridized carbons (Fsp3) is 0.571. The van der Waals surface area contributed by atoms with Crippen LogP contribution in [-0.2, 0) is 4.74 Å². The van der Waals surface area contributed by atoms with Gasteiger partial charge in [0.05, 0.1) is 19.8 Å². The molecule has 0 saturated carbocycles. The molecule has 2 atom stereocenters. The van der Waals surface area contributed by atoms with Gasteiger partial charge in [-0.15, -0.1) is 0 Å². The molecule has 6 heteroatoms. The lowest BCUT2D eigenvalue weighted by Crippen LogP contribution is -2.35. The van der Waals surface area contributed by atoms with Crippen LogP contribution in [0.3, 0.4) is 0 Å². The summed E-state index contributed by atoms with van der Waals surface area (Å²) in [5.74, 6) is -0.241. The summed E-state index contributed by atoms with van der Waals surface area (Å²) in [4.78, 5) is 17.7. The van der Waals surface area contributed by atoms with E-state index in [0.717, 1.165) is 5.69 Å². The zero-order valence-electron chi connectivity index (χ0n) is 11.4. The molecule has 0 spiro atoms. The molecule has 0 unspecified atom stereocenters. The molecule has 108 valence electrons. The van der Waals surface area contributed by atoms with Crippen molar-refractivity contribution in [3.8, 4) is 0 Å². The third kappa shape index (κ3) is 1.96. The molecule has 20 heavy (non-hydrogen) atoms. The number of nitrogens with zero attached hydrogens (tertiary/aromatic N) is 2. The van der Waals surface area contributed by atoms with Gasteiger partial charge >= 0.3 is 5.97 Å². The molecule has 0 bridgehead atoms. The molecule has 6 nitrogen and oxygen atoms in total. The van der Waals surface area contributed by atoms with Gasteiger partial charge in [0.25, 0.3) is 0 Å². The van der Waals surface area contributed by atoms with E-state index in [1.165, 1.54) is 0 Å². The molecule has 2 aliphatic heterocycles. The van der Waals surface area contributed by atoms with Crippen molar-refractivity contribution >= 4 is 11.8 Å². The monoisotopic (exact) mass is 278 g/mol. The number of pyridine rings is 1. The normalized spacial score (nSPS) is 28.7. The number of carboxylic acid groups (broad SMARTS) is 1. The fourth-order valence-corrected chi connectivity index (χ4v) is 3.17. The number of hydrogen-bond acceptors (Lipinski definition) is 5. The molecule has 1 aromatic heterocycles. The smallest absolute Gasteiger partial charge is 0.339 e. The third-order valence-corrected chi connectivity index (χ3v) is 4.38. The van der Waals surface area contributed by atoms with Gasteiger partial charge in [-0.25, -0.2) is 9.78 Å². The molecular weight excluding hydrogens is 260 g/mol. The highest BCUT2D eigenvalue weighted by molar-refractivity contribution is 5.93. The van der Waals surface area contributed by atoms with Gasteiger partial charge in [0.1, 0.15) is 11.4 Å². The Hall–Kier alpha value is -1.66. The Morgan fingerprint density at radius 3 is 3.05 bits per heavy atom. The van der Waals surface area contributed by atoms with Crippen LogP contribution in [0.1, 0.15) is 16.1 Å². The van der Waals surface area contributed by atoms with Crippen molar-refractivity contribution in [3.05, 3.63) is 23.4 Å². The van der Waals surface area contributed by atoms with Gasteiger partial charge in [-0.05, 0) is 19.1 Å². The predicted octanol–water partition coefficient (Wildman–Crippen LogP) is 0.533. The van der Waals surface area contributed by atoms with Crippen LogP contribution in [0.4, 0.5) is 5.82 Å². The lowest BCUT2D eigenvalue weighted by molar-refractivity contribution is 0.0697. The Morgan fingerprint density at radius 1 is 1.60 bits per heavy atom. The van der Waals surface area contributed by atoms with E-state index in [4.69, 9.17) is 4.74 Å². The second-order valence-electron chi connectivity index (χ2n) is 5.74. The average molecular weight is 278 g/mol. The van der Waals surface area contributed by atoms with Gasteiger partial charge in [-0.2, -0.15) is 0 Å². The van der Waals surface area contributed by atoms with Crippen molar-refractivity contribution in [3.63, 3.8) is 0 Å². The van der Waals surface area contributed by atoms with E-state index in [2.05, 4.69) is 4.98 Å². The summed E-state index contributed by atoms with van der Waals surface area (Å²) in [7, 11) is 0. The first kappa shape index (κ1) is 13.3. The van der Waals surface area contributed by atoms with Gasteiger partial charge in [0, 0.05) is 30.1 Å². The maximum Gasteiger partial charge on any atom is 0.339 e. The van der Waals surface area contributed by atoms with Crippen molar-refractivity contribution in [2.75, 3.05) is 37.8 Å². The summed E-state index contributed by atoms with van der Waals surface area (Å²) in [6.07, 6.45) is 0. The fourth-order valence-electron chi connectivity index (χ4n) is 3.17. The summed E-state index contributed by atoms with van der Waals surface area (Å²) < 4.78 is 5.47. The van der Waals surface area contributed by atoms with Gasteiger partial charge in [-0.3, -0.25) is 0 Å². The van der Waals surface area contributed by atoms with Crippen LogP contribution in [0, 0.1) is 18.3 Å². The second-order valence-corrected chi connectivity index (χ2v) is 5.74. The minimum atomic E-state index is -0.973. The van der Waals surface area contributed by atoms with E-state index in [0.29, 0.717) is 32.1 Å². The quantitative estimate of drug-likeness (QED) is 0.839. The summed E-state index contributed by atoms with van der Waals surface area (Å²) in [5.41, 5.74) is 0.724. The number of aliphatic hydroxyl groups excluding tert-OH is 1. The second kappa shape index (κ2) is 4.71. The number of ether oxygens (including phenoxy) is 1. The van der Waals surface area contributed by atoms with E-state index >= 15 is 0 Å². The van der Waals surface area contributed by atoms with Crippen LogP contribution in [0.15, 0.2) is 12.1 Å². The van der Waals surface area contributed by atoms with Gasteiger partial charge in [-0.1, -0.05) is 0 Å². The lowest BCUT2D eigenvalue weighted by Gasteiger charge is -2.25. The first-order valence-electron chi connectivity index (χ1n) is 6.70. The SMILES string of the molecule is Cc1ccc(C(=O)O)c(N2C[C@H]3COC[C@@]3(CO)C2)n1. The van der Waals surface area contributed by atoms with Crippen LogP contribution >= 0.6 is 0 Å². The number of rotatable bonds is 3. The number of fused-ring (bicyclic) bond motifs is 1. The molecule has 0 amide bonds. The number of hydrogen-bond donors (Lipinski definition) is 2. The number of aromatic carboxylic acids is 1. The predicted molar refractivity (Wildman–Crippen MR) is 72.0 cm³/mol. The van der Waals surface area contributed by atoms with E-state index in [-0.39, 0.29) is 23.5 Å². The van der Waals surface area contributed by atoms with Crippen LogP contribution in [0.5, 0.6) is 0 Å². The first-order chi connectivity index (χ1) is 9.55. The standard InChI is InChI=1S/C14H18N2O4/c1-9-2-3-11(13(18)19)12(15-9)16-4-10-5-20-8-14(10,6-16)7-17/h2-3,10,17H,4-8H2,1H3,(H,18,19)/t10-,14-/m0/s1. The van der Waals surface area contributed by atoms with Crippen LogP contribution < -0.4 is 4.90 Å². The third-order valence-electron chi connectivity index (χ3n) is 4.38. The molecule has 2 N–H and O–H groups in total. The molecule has 2 aliphatic rings. The van der Waals surface area contributed by atoms with Crippen LogP contribution in [0.2, 0.25) is 0 Å².